The van der Waals surface area contributed by atoms with Crippen LogP contribution in [-0.4, -0.2) is 36.9 Å². The number of rotatable bonds is 5. The monoisotopic (exact) mass is 456 g/mol. The smallest absolute Gasteiger partial charge is 0.411 e. The maximum Gasteiger partial charge on any atom is 0.411 e. The molecule has 0 saturated carbocycles. The molecule has 0 spiro atoms. The molecular weight excluding hydrogens is 428 g/mol. The van der Waals surface area contributed by atoms with Crippen molar-refractivity contribution < 1.29 is 19.4 Å². The van der Waals surface area contributed by atoms with Crippen LogP contribution in [0.15, 0.2) is 66.7 Å². The van der Waals surface area contributed by atoms with Gasteiger partial charge in [-0.15, -0.1) is 0 Å². The van der Waals surface area contributed by atoms with Gasteiger partial charge in [-0.2, -0.15) is 0 Å². The Morgan fingerprint density at radius 3 is 2.12 bits per heavy atom. The highest BCUT2D eigenvalue weighted by atomic mass is 16.5. The minimum absolute atomic E-state index is 0.0482. The number of benzene rings is 3. The van der Waals surface area contributed by atoms with E-state index in [-0.39, 0.29) is 23.8 Å². The second-order valence-corrected chi connectivity index (χ2v) is 8.89. The van der Waals surface area contributed by atoms with Gasteiger partial charge in [0.1, 0.15) is 6.61 Å². The van der Waals surface area contributed by atoms with E-state index >= 15 is 0 Å². The molecule has 1 heterocycles. The highest BCUT2D eigenvalue weighted by Crippen LogP contribution is 2.44. The quantitative estimate of drug-likeness (QED) is 0.483. The summed E-state index contributed by atoms with van der Waals surface area (Å²) in [5, 5.41) is 12.3. The van der Waals surface area contributed by atoms with E-state index in [1.807, 2.05) is 30.3 Å². The molecule has 6 heteroatoms. The first-order valence-electron chi connectivity index (χ1n) is 11.9. The summed E-state index contributed by atoms with van der Waals surface area (Å²) in [6, 6.07) is 21.4. The predicted octanol–water partition coefficient (Wildman–Crippen LogP) is 6.13. The molecule has 5 rings (SSSR count). The lowest BCUT2D eigenvalue weighted by molar-refractivity contribution is 0.0698. The Kier molecular flexibility index (Phi) is 6.21. The minimum atomic E-state index is -1.09. The first-order valence-corrected chi connectivity index (χ1v) is 11.9. The van der Waals surface area contributed by atoms with E-state index in [0.717, 1.165) is 53.9 Å². The van der Waals surface area contributed by atoms with E-state index < -0.39 is 12.1 Å². The van der Waals surface area contributed by atoms with E-state index in [1.165, 1.54) is 12.8 Å². The summed E-state index contributed by atoms with van der Waals surface area (Å²) < 4.78 is 5.63. The summed E-state index contributed by atoms with van der Waals surface area (Å²) in [4.78, 5) is 26.8. The lowest BCUT2D eigenvalue weighted by Crippen LogP contribution is -2.24. The van der Waals surface area contributed by atoms with Crippen molar-refractivity contribution in [1.29, 1.82) is 0 Å². The zero-order valence-electron chi connectivity index (χ0n) is 19.0. The topological polar surface area (TPSA) is 78.9 Å². The van der Waals surface area contributed by atoms with Gasteiger partial charge in [-0.25, -0.2) is 9.59 Å². The van der Waals surface area contributed by atoms with Crippen molar-refractivity contribution >= 4 is 23.4 Å². The highest BCUT2D eigenvalue weighted by molar-refractivity contribution is 5.99. The lowest BCUT2D eigenvalue weighted by Gasteiger charge is -2.24. The van der Waals surface area contributed by atoms with Crippen molar-refractivity contribution in [2.24, 2.45) is 0 Å². The first-order chi connectivity index (χ1) is 16.6. The second kappa shape index (κ2) is 9.59. The molecule has 1 amide bonds. The summed E-state index contributed by atoms with van der Waals surface area (Å²) in [6.45, 7) is 2.03. The Hall–Kier alpha value is -3.80. The number of ether oxygens (including phenoxy) is 1. The van der Waals surface area contributed by atoms with Gasteiger partial charge in [-0.05, 0) is 53.3 Å². The van der Waals surface area contributed by atoms with Crippen molar-refractivity contribution in [1.82, 2.24) is 0 Å². The van der Waals surface area contributed by atoms with Gasteiger partial charge in [0, 0.05) is 24.7 Å². The van der Waals surface area contributed by atoms with E-state index in [2.05, 4.69) is 34.5 Å². The molecule has 1 aliphatic carbocycles. The van der Waals surface area contributed by atoms with Crippen LogP contribution in [0.4, 0.5) is 16.2 Å². The van der Waals surface area contributed by atoms with E-state index in [1.54, 1.807) is 12.1 Å². The molecule has 2 N–H and O–H groups in total. The number of carboxylic acid groups (broad SMARTS) is 1. The zero-order valence-corrected chi connectivity index (χ0v) is 19.0. The number of anilines is 2. The molecule has 1 fully saturated rings. The Balaban J connectivity index is 1.33. The molecule has 0 aromatic heterocycles. The molecule has 2 aliphatic rings. The maximum absolute atomic E-state index is 12.8. The number of nitrogens with one attached hydrogen (secondary N) is 1. The van der Waals surface area contributed by atoms with Crippen LogP contribution in [-0.2, 0) is 4.74 Å². The molecule has 0 radical (unpaired) electrons. The highest BCUT2D eigenvalue weighted by Gasteiger charge is 2.29. The largest absolute Gasteiger partial charge is 0.478 e. The van der Waals surface area contributed by atoms with Gasteiger partial charge in [0.2, 0.25) is 0 Å². The first kappa shape index (κ1) is 22.0. The van der Waals surface area contributed by atoms with Crippen LogP contribution in [0.25, 0.3) is 11.1 Å². The Labute approximate surface area is 199 Å². The van der Waals surface area contributed by atoms with Crippen molar-refractivity contribution in [3.05, 3.63) is 83.4 Å². The van der Waals surface area contributed by atoms with Gasteiger partial charge < -0.3 is 14.7 Å². The maximum atomic E-state index is 12.8. The van der Waals surface area contributed by atoms with Crippen molar-refractivity contribution in [2.75, 3.05) is 29.9 Å². The number of amides is 1. The molecule has 0 atom stereocenters. The number of aromatic carboxylic acids is 1. The molecular formula is C28H28N2O4. The third-order valence-electron chi connectivity index (χ3n) is 6.79. The summed E-state index contributed by atoms with van der Waals surface area (Å²) in [5.41, 5.74) is 5.80. The number of carbonyl (C=O) groups is 2. The van der Waals surface area contributed by atoms with Crippen LogP contribution in [0.5, 0.6) is 0 Å². The summed E-state index contributed by atoms with van der Waals surface area (Å²) in [7, 11) is 0. The minimum Gasteiger partial charge on any atom is -0.478 e. The predicted molar refractivity (Wildman–Crippen MR) is 133 cm³/mol. The van der Waals surface area contributed by atoms with Gasteiger partial charge in [0.05, 0.1) is 11.3 Å². The Bertz CT molecular complexity index is 1170. The molecule has 0 unspecified atom stereocenters. The van der Waals surface area contributed by atoms with Crippen LogP contribution in [0, 0.1) is 0 Å². The molecule has 1 saturated heterocycles. The summed E-state index contributed by atoms with van der Waals surface area (Å²) in [5.74, 6) is -1.14. The van der Waals surface area contributed by atoms with Gasteiger partial charge in [-0.1, -0.05) is 61.4 Å². The van der Waals surface area contributed by atoms with E-state index in [4.69, 9.17) is 4.74 Å². The Morgan fingerprint density at radius 1 is 0.882 bits per heavy atom. The molecule has 174 valence electrons. The van der Waals surface area contributed by atoms with Crippen molar-refractivity contribution in [3.63, 3.8) is 0 Å². The SMILES string of the molecule is O=C(Nc1cc(N2CCCCCC2)ccc1C(=O)O)OCC1c2ccccc2-c2ccccc21. The molecule has 0 bridgehead atoms. The van der Waals surface area contributed by atoms with Crippen LogP contribution in [0.1, 0.15) is 53.1 Å². The van der Waals surface area contributed by atoms with E-state index in [0.29, 0.717) is 0 Å². The lowest BCUT2D eigenvalue weighted by atomic mass is 9.98. The Morgan fingerprint density at radius 2 is 1.50 bits per heavy atom. The van der Waals surface area contributed by atoms with Crippen LogP contribution in [0.2, 0.25) is 0 Å². The van der Waals surface area contributed by atoms with Gasteiger partial charge in [-0.3, -0.25) is 5.32 Å². The van der Waals surface area contributed by atoms with Gasteiger partial charge in [0.25, 0.3) is 0 Å². The molecule has 6 nitrogen and oxygen atoms in total. The van der Waals surface area contributed by atoms with Crippen molar-refractivity contribution in [3.8, 4) is 11.1 Å². The van der Waals surface area contributed by atoms with Crippen molar-refractivity contribution in [2.45, 2.75) is 31.6 Å². The second-order valence-electron chi connectivity index (χ2n) is 8.89. The fraction of sp³-hybridized carbons (Fsp3) is 0.286. The van der Waals surface area contributed by atoms with Crippen LogP contribution in [0.3, 0.4) is 0 Å². The number of hydrogen-bond acceptors (Lipinski definition) is 4. The molecule has 3 aromatic carbocycles. The molecule has 3 aromatic rings. The average Bonchev–Trinajstić information content (AvgIpc) is 2.98. The van der Waals surface area contributed by atoms with Crippen LogP contribution < -0.4 is 10.2 Å². The standard InChI is InChI=1S/C28H28N2O4/c31-27(32)24-14-13-19(30-15-7-1-2-8-16-30)17-26(24)29-28(33)34-18-25-22-11-5-3-9-20(22)21-10-4-6-12-23(21)25/h3-6,9-14,17,25H,1-2,7-8,15-16,18H2,(H,29,33)(H,31,32). The number of nitrogens with zero attached hydrogens (tertiary/aromatic N) is 1. The van der Waals surface area contributed by atoms with Crippen LogP contribution >= 0.6 is 0 Å². The zero-order chi connectivity index (χ0) is 23.5. The summed E-state index contributed by atoms with van der Waals surface area (Å²) in [6.07, 6.45) is 3.96. The number of carbonyl (C=O) groups excluding carboxylic acids is 1. The molecule has 34 heavy (non-hydrogen) atoms. The fourth-order valence-corrected chi connectivity index (χ4v) is 5.09. The number of fused-ring (bicyclic) bond motifs is 3. The average molecular weight is 457 g/mol. The normalized spacial score (nSPS) is 15.2. The van der Waals surface area contributed by atoms with E-state index in [9.17, 15) is 14.7 Å². The van der Waals surface area contributed by atoms with Gasteiger partial charge in [0.15, 0.2) is 0 Å². The van der Waals surface area contributed by atoms with Gasteiger partial charge >= 0.3 is 12.1 Å². The third-order valence-corrected chi connectivity index (χ3v) is 6.79. The number of hydrogen-bond donors (Lipinski definition) is 2. The fourth-order valence-electron chi connectivity index (χ4n) is 5.09. The third kappa shape index (κ3) is 4.36. The number of carboxylic acids is 1. The summed E-state index contributed by atoms with van der Waals surface area (Å²) >= 11 is 0. The molecule has 1 aliphatic heterocycles.